The van der Waals surface area contributed by atoms with Crippen LogP contribution in [0.15, 0.2) is 0 Å². The van der Waals surface area contributed by atoms with E-state index < -0.39 is 12.1 Å². The third-order valence-electron chi connectivity index (χ3n) is 0.237. The van der Waals surface area contributed by atoms with Crippen molar-refractivity contribution >= 4 is 13.2 Å². The Morgan fingerprint density at radius 2 is 1.67 bits per heavy atom. The summed E-state index contributed by atoms with van der Waals surface area (Å²) in [5, 5.41) is 0. The van der Waals surface area contributed by atoms with Gasteiger partial charge in [-0.2, -0.15) is 0 Å². The van der Waals surface area contributed by atoms with Crippen molar-refractivity contribution in [1.29, 1.82) is 0 Å². The normalized spacial score (nSPS) is 9.17. The summed E-state index contributed by atoms with van der Waals surface area (Å²) in [6, 6.07) is 0. The zero-order chi connectivity index (χ0) is 5.15. The number of hydrogen-bond acceptors (Lipinski definition) is 0. The van der Waals surface area contributed by atoms with Crippen LogP contribution in [0.1, 0.15) is 0 Å². The Bertz CT molecular complexity index is 59.8. The molecular formula is C2H2BF3. The molecule has 0 nitrogen and oxygen atoms in total. The van der Waals surface area contributed by atoms with Crippen molar-refractivity contribution in [1.82, 2.24) is 0 Å². The van der Waals surface area contributed by atoms with Crippen LogP contribution in [0.4, 0.5) is 13.2 Å². The first-order chi connectivity index (χ1) is 2.64. The number of halogens is 3. The first-order valence-corrected chi connectivity index (χ1v) is 1.27. The summed E-state index contributed by atoms with van der Waals surface area (Å²) in [6.45, 7) is 0. The van der Waals surface area contributed by atoms with E-state index in [0.717, 1.165) is 0 Å². The van der Waals surface area contributed by atoms with E-state index in [2.05, 4.69) is 7.49 Å². The molecule has 0 saturated carbocycles. The molecule has 0 N–H and O–H groups in total. The second-order valence-electron chi connectivity index (χ2n) is 0.748. The van der Waals surface area contributed by atoms with Gasteiger partial charge in [0.2, 0.25) is 0 Å². The van der Waals surface area contributed by atoms with E-state index in [9.17, 15) is 13.2 Å². The van der Waals surface area contributed by atoms with E-state index in [4.69, 9.17) is 0 Å². The molecule has 0 aliphatic heterocycles. The minimum absolute atomic E-state index is 1.57. The van der Waals surface area contributed by atoms with E-state index in [0.29, 0.717) is 0 Å². The third kappa shape index (κ3) is 1.99. The first-order valence-electron chi connectivity index (χ1n) is 1.27. The SMILES string of the molecule is B=C(F)C(F)F. The quantitative estimate of drug-likeness (QED) is 0.408. The van der Waals surface area contributed by atoms with Crippen LogP contribution in [0, 0.1) is 0 Å². The van der Waals surface area contributed by atoms with Crippen molar-refractivity contribution in [2.24, 2.45) is 0 Å². The van der Waals surface area contributed by atoms with Crippen LogP contribution in [0.5, 0.6) is 0 Å². The molecule has 0 saturated heterocycles. The van der Waals surface area contributed by atoms with Crippen molar-refractivity contribution < 1.29 is 13.2 Å². The molecule has 0 atom stereocenters. The van der Waals surface area contributed by atoms with Gasteiger partial charge in [-0.25, -0.2) is 0 Å². The molecule has 0 amide bonds. The molecule has 0 spiro atoms. The summed E-state index contributed by atoms with van der Waals surface area (Å²) in [6.07, 6.45) is -3.01. The van der Waals surface area contributed by atoms with Crippen molar-refractivity contribution in [2.75, 3.05) is 0 Å². The molecule has 0 aliphatic carbocycles. The van der Waals surface area contributed by atoms with Gasteiger partial charge in [0.25, 0.3) is 0 Å². The Morgan fingerprint density at radius 1 is 1.50 bits per heavy atom. The van der Waals surface area contributed by atoms with Gasteiger partial charge >= 0.3 is 32.8 Å². The molecule has 0 fully saturated rings. The molecule has 0 radical (unpaired) electrons. The van der Waals surface area contributed by atoms with Gasteiger partial charge in [-0.15, -0.1) is 0 Å². The van der Waals surface area contributed by atoms with E-state index in [-0.39, 0.29) is 0 Å². The summed E-state index contributed by atoms with van der Waals surface area (Å²) in [5.41, 5.74) is -1.57. The Kier molecular flexibility index (Phi) is 1.91. The summed E-state index contributed by atoms with van der Waals surface area (Å²) in [4.78, 5) is 0. The molecule has 0 unspecified atom stereocenters. The summed E-state index contributed by atoms with van der Waals surface area (Å²) < 4.78 is 32.2. The zero-order valence-corrected chi connectivity index (χ0v) is 2.92. The van der Waals surface area contributed by atoms with Gasteiger partial charge in [0.1, 0.15) is 0 Å². The van der Waals surface area contributed by atoms with Gasteiger partial charge in [-0.1, -0.05) is 0 Å². The predicted octanol–water partition coefficient (Wildman–Crippen LogP) is 0.252. The fourth-order valence-corrected chi connectivity index (χ4v) is 0. The van der Waals surface area contributed by atoms with Crippen LogP contribution >= 0.6 is 0 Å². The van der Waals surface area contributed by atoms with Crippen molar-refractivity contribution in [3.05, 3.63) is 0 Å². The summed E-state index contributed by atoms with van der Waals surface area (Å²) >= 11 is 0. The molecule has 0 aliphatic rings. The molecule has 0 aromatic rings. The van der Waals surface area contributed by atoms with Crippen LogP contribution < -0.4 is 0 Å². The fourth-order valence-electron chi connectivity index (χ4n) is 0. The zero-order valence-electron chi connectivity index (χ0n) is 2.92. The molecule has 0 rings (SSSR count). The summed E-state index contributed by atoms with van der Waals surface area (Å²) in [7, 11) is 2.34. The van der Waals surface area contributed by atoms with E-state index in [1.165, 1.54) is 0 Å². The molecule has 4 heteroatoms. The second-order valence-corrected chi connectivity index (χ2v) is 0.748. The van der Waals surface area contributed by atoms with Gasteiger partial charge < -0.3 is 0 Å². The van der Waals surface area contributed by atoms with Gasteiger partial charge in [-0.3, -0.25) is 0 Å². The molecule has 0 heterocycles. The Morgan fingerprint density at radius 3 is 1.67 bits per heavy atom. The Labute approximate surface area is 34.0 Å². The summed E-state index contributed by atoms with van der Waals surface area (Å²) in [5.74, 6) is 0. The number of rotatable bonds is 1. The van der Waals surface area contributed by atoms with Crippen LogP contribution in [-0.2, 0) is 0 Å². The number of hydrogen-bond donors (Lipinski definition) is 0. The predicted molar refractivity (Wildman–Crippen MR) is 19.3 cm³/mol. The van der Waals surface area contributed by atoms with Crippen molar-refractivity contribution in [3.63, 3.8) is 0 Å². The maximum absolute atomic E-state index is 10.9. The second kappa shape index (κ2) is 2.00. The molecular weight excluding hydrogens is 91.8 g/mol. The molecule has 34 valence electrons. The molecule has 0 aromatic carbocycles. The van der Waals surface area contributed by atoms with Gasteiger partial charge in [0, 0.05) is 0 Å². The topological polar surface area (TPSA) is 0 Å². The monoisotopic (exact) mass is 94.0 g/mol. The minimum atomic E-state index is -3.01. The molecule has 0 bridgehead atoms. The third-order valence-corrected chi connectivity index (χ3v) is 0.237. The van der Waals surface area contributed by atoms with Crippen LogP contribution in [0.25, 0.3) is 0 Å². The number of alkyl halides is 2. The maximum atomic E-state index is 10.9. The van der Waals surface area contributed by atoms with E-state index in [1.54, 1.807) is 0 Å². The van der Waals surface area contributed by atoms with E-state index >= 15 is 0 Å². The fraction of sp³-hybridized carbons (Fsp3) is 0.500. The van der Waals surface area contributed by atoms with Gasteiger partial charge in [0.15, 0.2) is 0 Å². The van der Waals surface area contributed by atoms with Gasteiger partial charge in [0.05, 0.1) is 0 Å². The van der Waals surface area contributed by atoms with Crippen LogP contribution in [0.3, 0.4) is 0 Å². The first kappa shape index (κ1) is 5.72. The Hall–Kier alpha value is -0.275. The van der Waals surface area contributed by atoms with Crippen LogP contribution in [-0.4, -0.2) is 19.6 Å². The Balaban J connectivity index is 3.26. The standard InChI is InChI=1S/C2H2BF3/c3-1(4)2(5)6/h2-3H. The van der Waals surface area contributed by atoms with Crippen LogP contribution in [0.2, 0.25) is 0 Å². The average molecular weight is 93.8 g/mol. The van der Waals surface area contributed by atoms with E-state index in [1.807, 2.05) is 0 Å². The van der Waals surface area contributed by atoms with Gasteiger partial charge in [-0.05, 0) is 0 Å². The average Bonchev–Trinajstić information content (AvgIpc) is 1.36. The van der Waals surface area contributed by atoms with Crippen molar-refractivity contribution in [3.8, 4) is 0 Å². The van der Waals surface area contributed by atoms with Crippen molar-refractivity contribution in [2.45, 2.75) is 6.43 Å². The molecule has 0 aromatic heterocycles. The molecule has 6 heavy (non-hydrogen) atoms.